The SMILES string of the molecule is CCC(=O)c1oc(N2CCCCC2)c(C(=O)OC)c1C(=O)OC. The molecule has 23 heavy (non-hydrogen) atoms. The number of rotatable bonds is 5. The van der Waals surface area contributed by atoms with Crippen molar-refractivity contribution >= 4 is 23.6 Å². The van der Waals surface area contributed by atoms with Gasteiger partial charge in [0.2, 0.25) is 5.88 Å². The van der Waals surface area contributed by atoms with Crippen molar-refractivity contribution in [2.24, 2.45) is 0 Å². The zero-order valence-corrected chi connectivity index (χ0v) is 13.6. The average molecular weight is 323 g/mol. The lowest BCUT2D eigenvalue weighted by molar-refractivity contribution is 0.0555. The number of methoxy groups -OCH3 is 2. The van der Waals surface area contributed by atoms with Crippen LogP contribution < -0.4 is 4.90 Å². The van der Waals surface area contributed by atoms with Gasteiger partial charge in [0.15, 0.2) is 11.5 Å². The van der Waals surface area contributed by atoms with E-state index in [1.165, 1.54) is 14.2 Å². The fraction of sp³-hybridized carbons (Fsp3) is 0.562. The lowest BCUT2D eigenvalue weighted by Gasteiger charge is -2.26. The number of carbonyl (C=O) groups is 3. The van der Waals surface area contributed by atoms with Gasteiger partial charge in [-0.2, -0.15) is 0 Å². The molecule has 2 heterocycles. The molecule has 1 fully saturated rings. The summed E-state index contributed by atoms with van der Waals surface area (Å²) in [6, 6.07) is 0. The summed E-state index contributed by atoms with van der Waals surface area (Å²) >= 11 is 0. The van der Waals surface area contributed by atoms with E-state index in [1.54, 1.807) is 6.92 Å². The number of hydrogen-bond acceptors (Lipinski definition) is 7. The summed E-state index contributed by atoms with van der Waals surface area (Å²) in [4.78, 5) is 38.4. The molecule has 0 radical (unpaired) electrons. The molecule has 1 aromatic rings. The highest BCUT2D eigenvalue weighted by Crippen LogP contribution is 2.34. The van der Waals surface area contributed by atoms with Gasteiger partial charge in [0.05, 0.1) is 14.2 Å². The van der Waals surface area contributed by atoms with Gasteiger partial charge in [0.1, 0.15) is 11.1 Å². The van der Waals surface area contributed by atoms with E-state index in [1.807, 2.05) is 4.90 Å². The summed E-state index contributed by atoms with van der Waals surface area (Å²) in [6.07, 6.45) is 3.14. The lowest BCUT2D eigenvalue weighted by Crippen LogP contribution is -2.30. The maximum Gasteiger partial charge on any atom is 0.344 e. The van der Waals surface area contributed by atoms with Crippen LogP contribution in [0, 0.1) is 0 Å². The van der Waals surface area contributed by atoms with Gasteiger partial charge in [-0.3, -0.25) is 4.79 Å². The Balaban J connectivity index is 2.64. The Kier molecular flexibility index (Phi) is 5.41. The van der Waals surface area contributed by atoms with Gasteiger partial charge in [-0.05, 0) is 19.3 Å². The second-order valence-electron chi connectivity index (χ2n) is 5.29. The zero-order chi connectivity index (χ0) is 17.0. The molecular weight excluding hydrogens is 302 g/mol. The molecule has 0 spiro atoms. The molecule has 0 unspecified atom stereocenters. The van der Waals surface area contributed by atoms with Crippen LogP contribution in [0.3, 0.4) is 0 Å². The standard InChI is InChI=1S/C16H21NO6/c1-4-10(18)13-11(15(19)21-2)12(16(20)22-3)14(23-13)17-8-6-5-7-9-17/h4-9H2,1-3H3. The van der Waals surface area contributed by atoms with Gasteiger partial charge >= 0.3 is 11.9 Å². The van der Waals surface area contributed by atoms with Gasteiger partial charge < -0.3 is 18.8 Å². The van der Waals surface area contributed by atoms with Gasteiger partial charge in [-0.25, -0.2) is 9.59 Å². The Bertz CT molecular complexity index is 612. The Labute approximate surface area is 134 Å². The first-order chi connectivity index (χ1) is 11.0. The normalized spacial score (nSPS) is 14.5. The fourth-order valence-corrected chi connectivity index (χ4v) is 2.68. The van der Waals surface area contributed by atoms with E-state index in [0.29, 0.717) is 13.1 Å². The molecule has 7 nitrogen and oxygen atoms in total. The van der Waals surface area contributed by atoms with Crippen LogP contribution in [-0.4, -0.2) is 45.0 Å². The first-order valence-electron chi connectivity index (χ1n) is 7.66. The van der Waals surface area contributed by atoms with E-state index in [-0.39, 0.29) is 35.0 Å². The lowest BCUT2D eigenvalue weighted by atomic mass is 10.1. The van der Waals surface area contributed by atoms with Crippen molar-refractivity contribution in [2.75, 3.05) is 32.2 Å². The number of carbonyl (C=O) groups excluding carboxylic acids is 3. The zero-order valence-electron chi connectivity index (χ0n) is 13.6. The van der Waals surface area contributed by atoms with Gasteiger partial charge in [-0.1, -0.05) is 6.92 Å². The number of ketones is 1. The minimum Gasteiger partial charge on any atom is -0.465 e. The molecule has 1 saturated heterocycles. The summed E-state index contributed by atoms with van der Waals surface area (Å²) < 4.78 is 15.2. The highest BCUT2D eigenvalue weighted by Gasteiger charge is 2.36. The fourth-order valence-electron chi connectivity index (χ4n) is 2.68. The smallest absolute Gasteiger partial charge is 0.344 e. The van der Waals surface area contributed by atoms with Crippen molar-refractivity contribution in [2.45, 2.75) is 32.6 Å². The third kappa shape index (κ3) is 3.23. The Morgan fingerprint density at radius 2 is 1.57 bits per heavy atom. The first kappa shape index (κ1) is 17.1. The van der Waals surface area contributed by atoms with Crippen molar-refractivity contribution < 1.29 is 28.3 Å². The number of Topliss-reactive ketones (excluding diaryl/α,β-unsaturated/α-hetero) is 1. The highest BCUT2D eigenvalue weighted by molar-refractivity contribution is 6.13. The number of hydrogen-bond donors (Lipinski definition) is 0. The van der Waals surface area contributed by atoms with Crippen molar-refractivity contribution in [1.29, 1.82) is 0 Å². The van der Waals surface area contributed by atoms with E-state index < -0.39 is 11.9 Å². The predicted molar refractivity (Wildman–Crippen MR) is 82.1 cm³/mol. The summed E-state index contributed by atoms with van der Waals surface area (Å²) in [5.74, 6) is -1.79. The van der Waals surface area contributed by atoms with E-state index in [2.05, 4.69) is 0 Å². The Morgan fingerprint density at radius 1 is 1.00 bits per heavy atom. The van der Waals surface area contributed by atoms with E-state index >= 15 is 0 Å². The molecule has 1 aromatic heterocycles. The van der Waals surface area contributed by atoms with Crippen LogP contribution in [0.25, 0.3) is 0 Å². The molecule has 0 aromatic carbocycles. The summed E-state index contributed by atoms with van der Waals surface area (Å²) in [7, 11) is 2.41. The van der Waals surface area contributed by atoms with E-state index in [0.717, 1.165) is 19.3 Å². The monoisotopic (exact) mass is 323 g/mol. The van der Waals surface area contributed by atoms with Gasteiger partial charge in [0.25, 0.3) is 0 Å². The van der Waals surface area contributed by atoms with Crippen LogP contribution >= 0.6 is 0 Å². The number of esters is 2. The number of piperidine rings is 1. The number of ether oxygens (including phenoxy) is 2. The molecular formula is C16H21NO6. The largest absolute Gasteiger partial charge is 0.465 e. The molecule has 0 aliphatic carbocycles. The summed E-state index contributed by atoms with van der Waals surface area (Å²) in [5, 5.41) is 0. The first-order valence-corrected chi connectivity index (χ1v) is 7.66. The minimum absolute atomic E-state index is 0.0296. The summed E-state index contributed by atoms with van der Waals surface area (Å²) in [6.45, 7) is 3.04. The number of nitrogens with zero attached hydrogens (tertiary/aromatic N) is 1. The van der Waals surface area contributed by atoms with Gasteiger partial charge in [0, 0.05) is 19.5 Å². The molecule has 0 atom stereocenters. The minimum atomic E-state index is -0.783. The third-order valence-corrected chi connectivity index (χ3v) is 3.89. The second-order valence-corrected chi connectivity index (χ2v) is 5.29. The molecule has 0 saturated carbocycles. The molecule has 1 aliphatic heterocycles. The number of furan rings is 1. The van der Waals surface area contributed by atoms with Crippen molar-refractivity contribution in [3.8, 4) is 0 Å². The van der Waals surface area contributed by atoms with Crippen molar-refractivity contribution in [3.05, 3.63) is 16.9 Å². The average Bonchev–Trinajstić information content (AvgIpc) is 3.00. The maximum atomic E-state index is 12.2. The Morgan fingerprint density at radius 3 is 2.09 bits per heavy atom. The molecule has 126 valence electrons. The quantitative estimate of drug-likeness (QED) is 0.607. The van der Waals surface area contributed by atoms with Crippen LogP contribution in [-0.2, 0) is 9.47 Å². The number of anilines is 1. The van der Waals surface area contributed by atoms with Crippen LogP contribution in [0.2, 0.25) is 0 Å². The maximum absolute atomic E-state index is 12.2. The topological polar surface area (TPSA) is 86.0 Å². The van der Waals surface area contributed by atoms with Crippen molar-refractivity contribution in [3.63, 3.8) is 0 Å². The van der Waals surface area contributed by atoms with Crippen LogP contribution in [0.5, 0.6) is 0 Å². The van der Waals surface area contributed by atoms with Gasteiger partial charge in [-0.15, -0.1) is 0 Å². The second kappa shape index (κ2) is 7.30. The van der Waals surface area contributed by atoms with Crippen LogP contribution in [0.4, 0.5) is 5.88 Å². The van der Waals surface area contributed by atoms with E-state index in [9.17, 15) is 14.4 Å². The van der Waals surface area contributed by atoms with E-state index in [4.69, 9.17) is 13.9 Å². The highest BCUT2D eigenvalue weighted by atomic mass is 16.5. The Hall–Kier alpha value is -2.31. The third-order valence-electron chi connectivity index (χ3n) is 3.89. The molecule has 0 bridgehead atoms. The van der Waals surface area contributed by atoms with Crippen LogP contribution in [0.15, 0.2) is 4.42 Å². The van der Waals surface area contributed by atoms with Crippen LogP contribution in [0.1, 0.15) is 63.9 Å². The molecule has 1 aliphatic rings. The molecule has 2 rings (SSSR count). The molecule has 0 N–H and O–H groups in total. The molecule has 0 amide bonds. The summed E-state index contributed by atoms with van der Waals surface area (Å²) in [5.41, 5.74) is -0.176. The van der Waals surface area contributed by atoms with Crippen molar-refractivity contribution in [1.82, 2.24) is 0 Å². The predicted octanol–water partition coefficient (Wildman–Crippen LogP) is 2.44. The molecule has 7 heteroatoms.